The molecular weight excluding hydrogens is 196 g/mol. The molecular formula is C7H14O5S. The van der Waals surface area contributed by atoms with Crippen LogP contribution in [0.15, 0.2) is 0 Å². The molecule has 13 heavy (non-hydrogen) atoms. The van der Waals surface area contributed by atoms with E-state index >= 15 is 0 Å². The van der Waals surface area contributed by atoms with Gasteiger partial charge in [0.1, 0.15) is 6.10 Å². The molecule has 0 aromatic rings. The summed E-state index contributed by atoms with van der Waals surface area (Å²) >= 11 is -1.81. The Kier molecular flexibility index (Phi) is 4.27. The maximum Gasteiger partial charge on any atom is 0.152 e. The Bertz CT molecular complexity index is 186. The van der Waals surface area contributed by atoms with Gasteiger partial charge in [0.2, 0.25) is 0 Å². The van der Waals surface area contributed by atoms with Gasteiger partial charge in [0, 0.05) is 6.42 Å². The lowest BCUT2D eigenvalue weighted by Crippen LogP contribution is -2.41. The number of ether oxygens (including phenoxy) is 1. The van der Waals surface area contributed by atoms with Crippen LogP contribution in [0.25, 0.3) is 0 Å². The average molecular weight is 210 g/mol. The Labute approximate surface area is 79.0 Å². The predicted octanol–water partition coefficient (Wildman–Crippen LogP) is -0.891. The number of hydrogen-bond acceptors (Lipinski definition) is 4. The first-order chi connectivity index (χ1) is 6.09. The molecule has 0 aromatic carbocycles. The monoisotopic (exact) mass is 210 g/mol. The van der Waals surface area contributed by atoms with E-state index in [1.165, 1.54) is 0 Å². The summed E-state index contributed by atoms with van der Waals surface area (Å²) in [6, 6.07) is 0. The Hall–Kier alpha value is -0.0100. The molecule has 6 heteroatoms. The van der Waals surface area contributed by atoms with Gasteiger partial charge in [-0.05, 0) is 6.42 Å². The van der Waals surface area contributed by atoms with Crippen LogP contribution in [0.3, 0.4) is 0 Å². The van der Waals surface area contributed by atoms with Gasteiger partial charge in [0.15, 0.2) is 11.1 Å². The second-order valence-corrected chi connectivity index (χ2v) is 4.19. The summed E-state index contributed by atoms with van der Waals surface area (Å²) in [7, 11) is 0. The molecule has 1 saturated heterocycles. The zero-order valence-electron chi connectivity index (χ0n) is 7.13. The molecule has 0 aromatic heterocycles. The molecule has 0 saturated carbocycles. The molecule has 0 radical (unpaired) electrons. The van der Waals surface area contributed by atoms with E-state index < -0.39 is 23.3 Å². The molecule has 4 atom stereocenters. The topological polar surface area (TPSA) is 87.0 Å². The van der Waals surface area contributed by atoms with Crippen molar-refractivity contribution in [1.82, 2.24) is 0 Å². The third kappa shape index (κ3) is 3.70. The van der Waals surface area contributed by atoms with E-state index in [-0.39, 0.29) is 18.5 Å². The molecule has 3 N–H and O–H groups in total. The van der Waals surface area contributed by atoms with E-state index in [0.29, 0.717) is 12.8 Å². The maximum absolute atomic E-state index is 10.3. The van der Waals surface area contributed by atoms with Gasteiger partial charge in [-0.3, -0.25) is 0 Å². The average Bonchev–Trinajstić information content (AvgIpc) is 2.07. The minimum Gasteiger partial charge on any atom is -0.390 e. The predicted molar refractivity (Wildman–Crippen MR) is 46.6 cm³/mol. The van der Waals surface area contributed by atoms with E-state index in [9.17, 15) is 9.32 Å². The van der Waals surface area contributed by atoms with Crippen LogP contribution in [-0.2, 0) is 15.8 Å². The standard InChI is InChI=1S/C7H14O5S/c8-6-3-5(1-2-13(10)11)12-4-7(6)9/h5-9H,1-4H2,(H,10,11). The lowest BCUT2D eigenvalue weighted by Gasteiger charge is -2.30. The van der Waals surface area contributed by atoms with E-state index in [1.807, 2.05) is 0 Å². The van der Waals surface area contributed by atoms with Gasteiger partial charge in [-0.1, -0.05) is 0 Å². The molecule has 0 bridgehead atoms. The quantitative estimate of drug-likeness (QED) is 0.526. The van der Waals surface area contributed by atoms with Crippen molar-refractivity contribution in [2.24, 2.45) is 0 Å². The van der Waals surface area contributed by atoms with Crippen LogP contribution in [0.2, 0.25) is 0 Å². The summed E-state index contributed by atoms with van der Waals surface area (Å²) in [5.74, 6) is 0.146. The second kappa shape index (κ2) is 5.02. The van der Waals surface area contributed by atoms with Crippen molar-refractivity contribution in [1.29, 1.82) is 0 Å². The van der Waals surface area contributed by atoms with Gasteiger partial charge in [0.05, 0.1) is 24.6 Å². The molecule has 1 heterocycles. The number of aliphatic hydroxyl groups is 2. The maximum atomic E-state index is 10.3. The highest BCUT2D eigenvalue weighted by atomic mass is 32.2. The molecule has 0 amide bonds. The Morgan fingerprint density at radius 3 is 2.62 bits per heavy atom. The van der Waals surface area contributed by atoms with Crippen molar-refractivity contribution in [3.63, 3.8) is 0 Å². The van der Waals surface area contributed by atoms with Crippen LogP contribution in [0.4, 0.5) is 0 Å². The number of aliphatic hydroxyl groups excluding tert-OH is 2. The minimum absolute atomic E-state index is 0.101. The molecule has 1 rings (SSSR count). The van der Waals surface area contributed by atoms with Crippen molar-refractivity contribution >= 4 is 11.1 Å². The Morgan fingerprint density at radius 1 is 1.38 bits per heavy atom. The van der Waals surface area contributed by atoms with Crippen LogP contribution < -0.4 is 0 Å². The highest BCUT2D eigenvalue weighted by Gasteiger charge is 2.28. The summed E-state index contributed by atoms with van der Waals surface area (Å²) in [4.78, 5) is 0. The zero-order chi connectivity index (χ0) is 9.84. The second-order valence-electron chi connectivity index (χ2n) is 3.14. The van der Waals surface area contributed by atoms with Crippen molar-refractivity contribution < 1.29 is 23.7 Å². The third-order valence-electron chi connectivity index (χ3n) is 2.07. The molecule has 1 fully saturated rings. The first-order valence-electron chi connectivity index (χ1n) is 4.15. The first kappa shape index (κ1) is 11.1. The summed E-state index contributed by atoms with van der Waals surface area (Å²) in [6.07, 6.45) is -1.04. The van der Waals surface area contributed by atoms with Crippen LogP contribution in [0.1, 0.15) is 12.8 Å². The van der Waals surface area contributed by atoms with E-state index in [2.05, 4.69) is 0 Å². The van der Waals surface area contributed by atoms with Crippen molar-refractivity contribution in [3.05, 3.63) is 0 Å². The largest absolute Gasteiger partial charge is 0.390 e. The molecule has 0 aliphatic carbocycles. The molecule has 5 nitrogen and oxygen atoms in total. The summed E-state index contributed by atoms with van der Waals surface area (Å²) in [6.45, 7) is 0.101. The highest BCUT2D eigenvalue weighted by Crippen LogP contribution is 2.16. The SMILES string of the molecule is O=S(O)CCC1CC(O)C(O)CO1. The van der Waals surface area contributed by atoms with Crippen molar-refractivity contribution in [2.45, 2.75) is 31.2 Å². The molecule has 78 valence electrons. The summed E-state index contributed by atoms with van der Waals surface area (Å²) in [5.41, 5.74) is 0. The molecule has 0 spiro atoms. The van der Waals surface area contributed by atoms with Gasteiger partial charge in [-0.2, -0.15) is 0 Å². The van der Waals surface area contributed by atoms with Gasteiger partial charge < -0.3 is 19.5 Å². The van der Waals surface area contributed by atoms with Crippen molar-refractivity contribution in [3.8, 4) is 0 Å². The van der Waals surface area contributed by atoms with E-state index in [1.54, 1.807) is 0 Å². The van der Waals surface area contributed by atoms with Gasteiger partial charge in [-0.25, -0.2) is 4.21 Å². The van der Waals surface area contributed by atoms with Gasteiger partial charge >= 0.3 is 0 Å². The Morgan fingerprint density at radius 2 is 2.08 bits per heavy atom. The number of hydrogen-bond donors (Lipinski definition) is 3. The summed E-state index contributed by atoms with van der Waals surface area (Å²) < 4.78 is 24.0. The van der Waals surface area contributed by atoms with Crippen LogP contribution in [0, 0.1) is 0 Å². The van der Waals surface area contributed by atoms with E-state index in [0.717, 1.165) is 0 Å². The molecule has 1 aliphatic rings. The smallest absolute Gasteiger partial charge is 0.152 e. The fourth-order valence-electron chi connectivity index (χ4n) is 1.27. The first-order valence-corrected chi connectivity index (χ1v) is 5.42. The fraction of sp³-hybridized carbons (Fsp3) is 1.00. The van der Waals surface area contributed by atoms with Crippen molar-refractivity contribution in [2.75, 3.05) is 12.4 Å². The van der Waals surface area contributed by atoms with E-state index in [4.69, 9.17) is 14.4 Å². The molecule has 1 aliphatic heterocycles. The summed E-state index contributed by atoms with van der Waals surface area (Å²) in [5, 5.41) is 18.3. The normalized spacial score (nSPS) is 37.3. The lowest BCUT2D eigenvalue weighted by atomic mass is 10.0. The molecule has 4 unspecified atom stereocenters. The minimum atomic E-state index is -1.81. The number of rotatable bonds is 3. The van der Waals surface area contributed by atoms with Gasteiger partial charge in [0.25, 0.3) is 0 Å². The lowest BCUT2D eigenvalue weighted by molar-refractivity contribution is -0.121. The van der Waals surface area contributed by atoms with Crippen LogP contribution in [0.5, 0.6) is 0 Å². The van der Waals surface area contributed by atoms with Crippen LogP contribution >= 0.6 is 0 Å². The zero-order valence-corrected chi connectivity index (χ0v) is 7.94. The van der Waals surface area contributed by atoms with Crippen LogP contribution in [-0.4, -0.2) is 49.6 Å². The third-order valence-corrected chi connectivity index (χ3v) is 2.65. The van der Waals surface area contributed by atoms with Gasteiger partial charge in [-0.15, -0.1) is 0 Å². The highest BCUT2D eigenvalue weighted by molar-refractivity contribution is 7.79. The Balaban J connectivity index is 2.25. The fourth-order valence-corrected chi connectivity index (χ4v) is 1.74.